The highest BCUT2D eigenvalue weighted by molar-refractivity contribution is 6.25. The molecule has 0 fully saturated rings. The molecule has 0 unspecified atom stereocenters. The van der Waals surface area contributed by atoms with E-state index in [4.69, 9.17) is 21.8 Å². The van der Waals surface area contributed by atoms with Crippen molar-refractivity contribution in [3.05, 3.63) is 57.5 Å². The van der Waals surface area contributed by atoms with Crippen molar-refractivity contribution in [1.82, 2.24) is 4.98 Å². The van der Waals surface area contributed by atoms with Gasteiger partial charge in [0.25, 0.3) is 0 Å². The van der Waals surface area contributed by atoms with Crippen molar-refractivity contribution in [3.63, 3.8) is 0 Å². The monoisotopic (exact) mass is 304 g/mol. The average molecular weight is 305 g/mol. The van der Waals surface area contributed by atoms with E-state index in [1.807, 2.05) is 0 Å². The Balaban J connectivity index is 2.39. The number of halogens is 2. The maximum atomic E-state index is 13.5. The maximum absolute atomic E-state index is 13.5. The number of benzene rings is 2. The zero-order chi connectivity index (χ0) is 15.0. The maximum Gasteiger partial charge on any atom is 0.186 e. The lowest BCUT2D eigenvalue weighted by molar-refractivity contribution is 0.595. The van der Waals surface area contributed by atoms with E-state index in [1.54, 1.807) is 12.1 Å². The molecule has 1 aliphatic heterocycles. The standard InChI is InChI=1S/C15H10ClFN2O2/c16-7-1-2-8-12(20)6-5-10-14(8)21-15-11(19-10)4-3-9(17)13(15)18/h1,3-7H,2,18H2/b7-1+. The van der Waals surface area contributed by atoms with Crippen molar-refractivity contribution in [2.75, 3.05) is 5.73 Å². The minimum atomic E-state index is -0.590. The molecule has 2 N–H and O–H groups in total. The number of aromatic nitrogens is 1. The van der Waals surface area contributed by atoms with Gasteiger partial charge in [-0.1, -0.05) is 17.7 Å². The first-order valence-corrected chi connectivity index (χ1v) is 6.61. The van der Waals surface area contributed by atoms with Gasteiger partial charge in [0, 0.05) is 11.1 Å². The van der Waals surface area contributed by atoms with E-state index in [2.05, 4.69) is 4.98 Å². The Morgan fingerprint density at radius 2 is 2.14 bits per heavy atom. The summed E-state index contributed by atoms with van der Waals surface area (Å²) in [5.41, 5.74) is 8.14. The first kappa shape index (κ1) is 13.6. The summed E-state index contributed by atoms with van der Waals surface area (Å²) in [4.78, 5) is 16.3. The van der Waals surface area contributed by atoms with Gasteiger partial charge in [-0.05, 0) is 30.7 Å². The smallest absolute Gasteiger partial charge is 0.186 e. The van der Waals surface area contributed by atoms with Gasteiger partial charge in [-0.3, -0.25) is 4.79 Å². The number of nitrogen functional groups attached to an aromatic ring is 1. The molecule has 1 aliphatic carbocycles. The molecule has 3 rings (SSSR count). The highest BCUT2D eigenvalue weighted by Crippen LogP contribution is 2.30. The van der Waals surface area contributed by atoms with Crippen molar-refractivity contribution in [1.29, 1.82) is 0 Å². The minimum absolute atomic E-state index is 0.128. The van der Waals surface area contributed by atoms with Crippen LogP contribution in [0.1, 0.15) is 5.56 Å². The first-order valence-electron chi connectivity index (χ1n) is 6.17. The highest BCUT2D eigenvalue weighted by Gasteiger charge is 2.18. The Morgan fingerprint density at radius 1 is 1.33 bits per heavy atom. The molecule has 1 heterocycles. The normalized spacial score (nSPS) is 11.7. The van der Waals surface area contributed by atoms with Crippen LogP contribution in [-0.2, 0) is 6.42 Å². The number of nitrogens with zero attached hydrogens (tertiary/aromatic N) is 1. The summed E-state index contributed by atoms with van der Waals surface area (Å²) in [6.45, 7) is 0. The lowest BCUT2D eigenvalue weighted by atomic mass is 10.1. The Bertz CT molecular complexity index is 889. The molecule has 0 atom stereocenters. The largest absolute Gasteiger partial charge is 0.450 e. The molecule has 6 heteroatoms. The van der Waals surface area contributed by atoms with Gasteiger partial charge in [-0.2, -0.15) is 0 Å². The second kappa shape index (κ2) is 5.18. The fourth-order valence-electron chi connectivity index (χ4n) is 2.15. The number of hydrogen-bond acceptors (Lipinski definition) is 4. The molecule has 4 nitrogen and oxygen atoms in total. The van der Waals surface area contributed by atoms with Crippen LogP contribution in [0, 0.1) is 5.82 Å². The molecule has 0 amide bonds. The molecule has 0 bridgehead atoms. The predicted octanol–water partition coefficient (Wildman–Crippen LogP) is 3.31. The second-order valence-corrected chi connectivity index (χ2v) is 4.73. The molecule has 0 aromatic heterocycles. The third-order valence-corrected chi connectivity index (χ3v) is 3.35. The van der Waals surface area contributed by atoms with E-state index >= 15 is 0 Å². The third kappa shape index (κ3) is 2.25. The summed E-state index contributed by atoms with van der Waals surface area (Å²) < 4.78 is 19.2. The highest BCUT2D eigenvalue weighted by atomic mass is 35.5. The fraction of sp³-hybridized carbons (Fsp3) is 0.0667. The number of nitrogens with two attached hydrogens (primary N) is 1. The molecule has 1 aromatic rings. The van der Waals surface area contributed by atoms with E-state index in [1.165, 1.54) is 23.7 Å². The number of anilines is 1. The van der Waals surface area contributed by atoms with E-state index in [0.29, 0.717) is 29.0 Å². The second-order valence-electron chi connectivity index (χ2n) is 4.48. The molecule has 0 radical (unpaired) electrons. The molecule has 0 spiro atoms. The van der Waals surface area contributed by atoms with Crippen LogP contribution in [0.15, 0.2) is 45.1 Å². The Kier molecular flexibility index (Phi) is 3.35. The Hall–Kier alpha value is -2.40. The first-order chi connectivity index (χ1) is 10.1. The van der Waals surface area contributed by atoms with E-state index < -0.39 is 5.82 Å². The zero-order valence-electron chi connectivity index (χ0n) is 10.8. The van der Waals surface area contributed by atoms with Gasteiger partial charge in [0.1, 0.15) is 22.7 Å². The molecule has 21 heavy (non-hydrogen) atoms. The Labute approximate surface area is 124 Å². The SMILES string of the molecule is Nc1c(F)ccc2nc3ccc(=O)c(C/C=C/Cl)c-3oc12. The van der Waals surface area contributed by atoms with Gasteiger partial charge in [-0.25, -0.2) is 9.37 Å². The topological polar surface area (TPSA) is 69.1 Å². The lowest BCUT2D eigenvalue weighted by Gasteiger charge is -2.10. The van der Waals surface area contributed by atoms with Crippen LogP contribution in [0.4, 0.5) is 10.1 Å². The minimum Gasteiger partial charge on any atom is -0.450 e. The quantitative estimate of drug-likeness (QED) is 0.582. The van der Waals surface area contributed by atoms with Crippen LogP contribution in [-0.4, -0.2) is 4.98 Å². The van der Waals surface area contributed by atoms with Crippen molar-refractivity contribution >= 4 is 28.4 Å². The van der Waals surface area contributed by atoms with E-state index in [0.717, 1.165) is 0 Å². The van der Waals surface area contributed by atoms with Gasteiger partial charge >= 0.3 is 0 Å². The predicted molar refractivity (Wildman–Crippen MR) is 80.0 cm³/mol. The molecule has 2 aliphatic rings. The number of allylic oxidation sites excluding steroid dienone is 1. The summed E-state index contributed by atoms with van der Waals surface area (Å²) in [5.74, 6) is -0.296. The van der Waals surface area contributed by atoms with Crippen LogP contribution in [0.2, 0.25) is 0 Å². The van der Waals surface area contributed by atoms with Crippen molar-refractivity contribution < 1.29 is 8.81 Å². The molecule has 106 valence electrons. The molecule has 0 saturated carbocycles. The van der Waals surface area contributed by atoms with Gasteiger partial charge in [0.05, 0.1) is 0 Å². The zero-order valence-corrected chi connectivity index (χ0v) is 11.5. The van der Waals surface area contributed by atoms with Gasteiger partial charge in [0.2, 0.25) is 0 Å². The van der Waals surface area contributed by atoms with Crippen LogP contribution in [0.5, 0.6) is 0 Å². The van der Waals surface area contributed by atoms with Crippen LogP contribution < -0.4 is 11.2 Å². The fourth-order valence-corrected chi connectivity index (χ4v) is 2.24. The number of fused-ring (bicyclic) bond motifs is 2. The van der Waals surface area contributed by atoms with Gasteiger partial charge in [0.15, 0.2) is 16.8 Å². The van der Waals surface area contributed by atoms with Crippen LogP contribution >= 0.6 is 11.6 Å². The van der Waals surface area contributed by atoms with Crippen molar-refractivity contribution in [2.24, 2.45) is 0 Å². The Morgan fingerprint density at radius 3 is 2.90 bits per heavy atom. The van der Waals surface area contributed by atoms with Crippen LogP contribution in [0.3, 0.4) is 0 Å². The van der Waals surface area contributed by atoms with Gasteiger partial charge < -0.3 is 10.2 Å². The van der Waals surface area contributed by atoms with Crippen molar-refractivity contribution in [2.45, 2.75) is 6.42 Å². The number of rotatable bonds is 2. The molecule has 1 aromatic carbocycles. The van der Waals surface area contributed by atoms with Gasteiger partial charge in [-0.15, -0.1) is 0 Å². The molecule has 0 saturated heterocycles. The molecular weight excluding hydrogens is 295 g/mol. The summed E-state index contributed by atoms with van der Waals surface area (Å²) in [6.07, 6.45) is 1.91. The van der Waals surface area contributed by atoms with E-state index in [-0.39, 0.29) is 16.7 Å². The summed E-state index contributed by atoms with van der Waals surface area (Å²) >= 11 is 5.50. The lowest BCUT2D eigenvalue weighted by Crippen LogP contribution is -2.10. The number of hydrogen-bond donors (Lipinski definition) is 1. The summed E-state index contributed by atoms with van der Waals surface area (Å²) in [6, 6.07) is 5.69. The van der Waals surface area contributed by atoms with Crippen molar-refractivity contribution in [3.8, 4) is 11.5 Å². The van der Waals surface area contributed by atoms with E-state index in [9.17, 15) is 9.18 Å². The summed E-state index contributed by atoms with van der Waals surface area (Å²) in [5, 5.41) is 0. The summed E-state index contributed by atoms with van der Waals surface area (Å²) in [7, 11) is 0. The molecular formula is C15H10ClFN2O2. The van der Waals surface area contributed by atoms with Crippen LogP contribution in [0.25, 0.3) is 22.6 Å². The average Bonchev–Trinajstić information content (AvgIpc) is 2.49. The third-order valence-electron chi connectivity index (χ3n) is 3.17.